The summed E-state index contributed by atoms with van der Waals surface area (Å²) in [5.74, 6) is -2.43. The van der Waals surface area contributed by atoms with Crippen LogP contribution >= 0.6 is 0 Å². The average Bonchev–Trinajstić information content (AvgIpc) is 3.50. The zero-order chi connectivity index (χ0) is 33.9. The molecule has 0 aliphatic carbocycles. The van der Waals surface area contributed by atoms with Crippen molar-refractivity contribution in [3.8, 4) is 5.75 Å². The van der Waals surface area contributed by atoms with Crippen LogP contribution in [-0.2, 0) is 32.0 Å². The van der Waals surface area contributed by atoms with Crippen LogP contribution in [0, 0.1) is 0 Å². The molecule has 0 unspecified atom stereocenters. The molecule has 0 fully saturated rings. The molecule has 0 bridgehead atoms. The molecular formula is C36H40N6O6. The quantitative estimate of drug-likeness (QED) is 0.186. The van der Waals surface area contributed by atoms with Gasteiger partial charge in [-0.1, -0.05) is 60.7 Å². The summed E-state index contributed by atoms with van der Waals surface area (Å²) in [5, 5.41) is 14.8. The summed E-state index contributed by atoms with van der Waals surface area (Å²) in [6.45, 7) is 2.21. The third-order valence-corrected chi connectivity index (χ3v) is 8.08. The van der Waals surface area contributed by atoms with Crippen LogP contribution in [0.1, 0.15) is 41.3 Å². The standard InChI is InChI=1S/C36H40N6O6/c1-23-33(44)41-29(20-24-10-3-2-4-11-24)35(46)37-17-9-19-48-31-15-8-6-13-27(31)34(45)42-30(21-32(43)40-23)36(47)38-18-16-25-22-39-28-14-7-5-12-26(25)28/h2-8,10-15,22-23,29-30,39H,9,16-21H2,1H3,(H,37,46)(H,38,47)(H,40,43)(H,41,44)(H,42,45)/t23-,29-,30-/m0/s1. The fourth-order valence-electron chi connectivity index (χ4n) is 5.50. The molecule has 6 N–H and O–H groups in total. The van der Waals surface area contributed by atoms with Crippen molar-refractivity contribution in [3.05, 3.63) is 102 Å². The number of aromatic amines is 1. The largest absolute Gasteiger partial charge is 0.493 e. The Balaban J connectivity index is 1.32. The predicted molar refractivity (Wildman–Crippen MR) is 180 cm³/mol. The van der Waals surface area contributed by atoms with Crippen LogP contribution in [0.5, 0.6) is 5.75 Å². The van der Waals surface area contributed by atoms with Gasteiger partial charge in [-0.05, 0) is 49.1 Å². The summed E-state index contributed by atoms with van der Waals surface area (Å²) >= 11 is 0. The number of carbonyl (C=O) groups is 5. The van der Waals surface area contributed by atoms with E-state index in [4.69, 9.17) is 4.74 Å². The molecule has 48 heavy (non-hydrogen) atoms. The van der Waals surface area contributed by atoms with Gasteiger partial charge in [-0.2, -0.15) is 0 Å². The number of ether oxygens (including phenoxy) is 1. The summed E-state index contributed by atoms with van der Waals surface area (Å²) < 4.78 is 5.89. The minimum atomic E-state index is -1.25. The first-order valence-corrected chi connectivity index (χ1v) is 16.0. The number of hydrogen-bond acceptors (Lipinski definition) is 6. The Hall–Kier alpha value is -5.65. The van der Waals surface area contributed by atoms with Crippen LogP contribution in [0.4, 0.5) is 0 Å². The van der Waals surface area contributed by atoms with Gasteiger partial charge in [0.2, 0.25) is 23.6 Å². The number of fused-ring (bicyclic) bond motifs is 2. The first kappa shape index (κ1) is 33.7. The van der Waals surface area contributed by atoms with Crippen molar-refractivity contribution in [2.45, 2.75) is 50.7 Å². The summed E-state index contributed by atoms with van der Waals surface area (Å²) in [5.41, 5.74) is 3.04. The van der Waals surface area contributed by atoms with Gasteiger partial charge in [0.1, 0.15) is 23.9 Å². The molecule has 5 rings (SSSR count). The molecule has 12 heteroatoms. The third-order valence-electron chi connectivity index (χ3n) is 8.08. The van der Waals surface area contributed by atoms with Crippen LogP contribution in [0.15, 0.2) is 85.1 Å². The molecule has 2 heterocycles. The maximum Gasteiger partial charge on any atom is 0.255 e. The molecule has 1 aliphatic heterocycles. The lowest BCUT2D eigenvalue weighted by atomic mass is 10.0. The number of amides is 5. The zero-order valence-electron chi connectivity index (χ0n) is 26.7. The van der Waals surface area contributed by atoms with Crippen molar-refractivity contribution in [2.24, 2.45) is 0 Å². The highest BCUT2D eigenvalue weighted by atomic mass is 16.5. The van der Waals surface area contributed by atoms with Crippen LogP contribution in [0.3, 0.4) is 0 Å². The molecule has 0 saturated carbocycles. The van der Waals surface area contributed by atoms with Crippen LogP contribution in [-0.4, -0.2) is 72.3 Å². The maximum absolute atomic E-state index is 13.4. The molecule has 0 spiro atoms. The smallest absolute Gasteiger partial charge is 0.255 e. The van der Waals surface area contributed by atoms with E-state index in [9.17, 15) is 24.0 Å². The number of hydrogen-bond donors (Lipinski definition) is 6. The highest BCUT2D eigenvalue weighted by Crippen LogP contribution is 2.19. The molecule has 3 atom stereocenters. The predicted octanol–water partition coefficient (Wildman–Crippen LogP) is 2.15. The second kappa shape index (κ2) is 16.3. The fourth-order valence-corrected chi connectivity index (χ4v) is 5.50. The number of aromatic nitrogens is 1. The third kappa shape index (κ3) is 8.99. The van der Waals surface area contributed by atoms with Crippen molar-refractivity contribution >= 4 is 40.4 Å². The van der Waals surface area contributed by atoms with Gasteiger partial charge in [-0.25, -0.2) is 0 Å². The molecule has 12 nitrogen and oxygen atoms in total. The Labute approximate surface area is 278 Å². The molecular weight excluding hydrogens is 612 g/mol. The van der Waals surface area contributed by atoms with E-state index in [1.807, 2.05) is 60.8 Å². The van der Waals surface area contributed by atoms with Crippen LogP contribution in [0.25, 0.3) is 10.9 Å². The highest BCUT2D eigenvalue weighted by molar-refractivity contribution is 6.01. The number of H-pyrrole nitrogens is 1. The normalized spacial score (nSPS) is 19.7. The van der Waals surface area contributed by atoms with E-state index in [-0.39, 0.29) is 37.6 Å². The van der Waals surface area contributed by atoms with Crippen molar-refractivity contribution < 1.29 is 28.7 Å². The number of nitrogens with one attached hydrogen (secondary N) is 6. The lowest BCUT2D eigenvalue weighted by Gasteiger charge is -2.23. The van der Waals surface area contributed by atoms with E-state index < -0.39 is 48.2 Å². The van der Waals surface area contributed by atoms with E-state index in [1.54, 1.807) is 24.3 Å². The minimum Gasteiger partial charge on any atom is -0.493 e. The van der Waals surface area contributed by atoms with Crippen molar-refractivity contribution in [2.75, 3.05) is 19.7 Å². The van der Waals surface area contributed by atoms with Gasteiger partial charge < -0.3 is 36.3 Å². The molecule has 3 aromatic carbocycles. The van der Waals surface area contributed by atoms with E-state index in [0.717, 1.165) is 22.0 Å². The van der Waals surface area contributed by atoms with Gasteiger partial charge in [0.25, 0.3) is 5.91 Å². The summed E-state index contributed by atoms with van der Waals surface area (Å²) in [6.07, 6.45) is 2.66. The highest BCUT2D eigenvalue weighted by Gasteiger charge is 2.29. The van der Waals surface area contributed by atoms with Gasteiger partial charge in [0.05, 0.1) is 18.6 Å². The Morgan fingerprint density at radius 1 is 0.875 bits per heavy atom. The number of para-hydroxylation sites is 2. The lowest BCUT2D eigenvalue weighted by Crippen LogP contribution is -2.55. The van der Waals surface area contributed by atoms with Crippen LogP contribution < -0.4 is 31.3 Å². The Morgan fingerprint density at radius 2 is 1.62 bits per heavy atom. The first-order chi connectivity index (χ1) is 23.3. The molecule has 1 aliphatic rings. The fraction of sp³-hybridized carbons (Fsp3) is 0.306. The van der Waals surface area contributed by atoms with Gasteiger partial charge in [-0.3, -0.25) is 24.0 Å². The van der Waals surface area contributed by atoms with Gasteiger partial charge >= 0.3 is 0 Å². The molecule has 1 aromatic heterocycles. The first-order valence-electron chi connectivity index (χ1n) is 16.0. The van der Waals surface area contributed by atoms with Gasteiger partial charge in [0.15, 0.2) is 0 Å². The summed E-state index contributed by atoms with van der Waals surface area (Å²) in [6, 6.07) is 20.5. The van der Waals surface area contributed by atoms with Crippen molar-refractivity contribution in [1.82, 2.24) is 31.6 Å². The van der Waals surface area contributed by atoms with Crippen molar-refractivity contribution in [3.63, 3.8) is 0 Å². The van der Waals surface area contributed by atoms with Gasteiger partial charge in [-0.15, -0.1) is 0 Å². The molecule has 0 radical (unpaired) electrons. The zero-order valence-corrected chi connectivity index (χ0v) is 26.7. The molecule has 0 saturated heterocycles. The average molecular weight is 653 g/mol. The van der Waals surface area contributed by atoms with E-state index in [2.05, 4.69) is 31.6 Å². The summed E-state index contributed by atoms with van der Waals surface area (Å²) in [7, 11) is 0. The van der Waals surface area contributed by atoms with E-state index >= 15 is 0 Å². The summed E-state index contributed by atoms with van der Waals surface area (Å²) in [4.78, 5) is 69.6. The Kier molecular flexibility index (Phi) is 11.4. The monoisotopic (exact) mass is 652 g/mol. The van der Waals surface area contributed by atoms with Crippen LogP contribution in [0.2, 0.25) is 0 Å². The molecule has 4 aromatic rings. The second-order valence-corrected chi connectivity index (χ2v) is 11.7. The SMILES string of the molecule is C[C@@H]1NC(=O)C[C@@H](C(=O)NCCc2c[nH]c3ccccc23)NC(=O)c2ccccc2OCCCNC(=O)[C@H](Cc2ccccc2)NC1=O. The van der Waals surface area contributed by atoms with Gasteiger partial charge in [0, 0.05) is 36.6 Å². The Bertz CT molecular complexity index is 1760. The molecule has 250 valence electrons. The number of carbonyl (C=O) groups excluding carboxylic acids is 5. The number of benzene rings is 3. The van der Waals surface area contributed by atoms with E-state index in [0.29, 0.717) is 18.6 Å². The second-order valence-electron chi connectivity index (χ2n) is 11.7. The van der Waals surface area contributed by atoms with Crippen molar-refractivity contribution in [1.29, 1.82) is 0 Å². The lowest BCUT2D eigenvalue weighted by molar-refractivity contribution is -0.132. The molecule has 5 amide bonds. The number of rotatable bonds is 6. The minimum absolute atomic E-state index is 0.190. The topological polar surface area (TPSA) is 171 Å². The maximum atomic E-state index is 13.4. The van der Waals surface area contributed by atoms with E-state index in [1.165, 1.54) is 6.92 Å². The Morgan fingerprint density at radius 3 is 2.46 bits per heavy atom.